The number of likely N-dealkylation sites (N-methyl/N-ethyl adjacent to an activating group) is 1. The van der Waals surface area contributed by atoms with Crippen molar-refractivity contribution < 1.29 is 9.59 Å². The van der Waals surface area contributed by atoms with E-state index in [1.165, 1.54) is 16.7 Å². The number of benzene rings is 2. The summed E-state index contributed by atoms with van der Waals surface area (Å²) >= 11 is 1.48. The van der Waals surface area contributed by atoms with Crippen molar-refractivity contribution in [3.05, 3.63) is 70.1 Å². The van der Waals surface area contributed by atoms with Crippen LogP contribution in [-0.2, 0) is 16.6 Å². The van der Waals surface area contributed by atoms with Gasteiger partial charge in [0.15, 0.2) is 0 Å². The molecule has 4 aromatic rings. The zero-order valence-electron chi connectivity index (χ0n) is 18.4. The van der Waals surface area contributed by atoms with E-state index in [1.807, 2.05) is 35.9 Å². The highest BCUT2D eigenvalue weighted by atomic mass is 32.1. The second-order valence-electron chi connectivity index (χ2n) is 7.92. The molecule has 1 aliphatic heterocycles. The maximum atomic E-state index is 12.9. The molecule has 0 unspecified atom stereocenters. The molecule has 1 aliphatic rings. The first-order valence-electron chi connectivity index (χ1n) is 10.6. The van der Waals surface area contributed by atoms with Crippen LogP contribution < -0.4 is 0 Å². The molecule has 0 atom stereocenters. The number of imide groups is 1. The van der Waals surface area contributed by atoms with Crippen molar-refractivity contribution in [1.82, 2.24) is 14.5 Å². The molecule has 7 heteroatoms. The maximum absolute atomic E-state index is 12.9. The van der Waals surface area contributed by atoms with Crippen LogP contribution in [0.1, 0.15) is 18.7 Å². The molecule has 33 heavy (non-hydrogen) atoms. The number of carbonyl (C=O) groups excluding carboxylic acids is 2. The lowest BCUT2D eigenvalue weighted by atomic mass is 9.95. The van der Waals surface area contributed by atoms with Crippen molar-refractivity contribution >= 4 is 50.3 Å². The van der Waals surface area contributed by atoms with E-state index in [4.69, 9.17) is 4.98 Å². The van der Waals surface area contributed by atoms with E-state index >= 15 is 0 Å². The van der Waals surface area contributed by atoms with Crippen LogP contribution in [0.3, 0.4) is 0 Å². The van der Waals surface area contributed by atoms with Gasteiger partial charge in [-0.15, -0.1) is 11.3 Å². The predicted octanol–water partition coefficient (Wildman–Crippen LogP) is 5.07. The Hall–Kier alpha value is -4.02. The fraction of sp³-hybridized carbons (Fsp3) is 0.154. The molecule has 0 spiro atoms. The number of fused-ring (bicyclic) bond motifs is 2. The summed E-state index contributed by atoms with van der Waals surface area (Å²) in [6.45, 7) is 3.59. The van der Waals surface area contributed by atoms with Gasteiger partial charge in [0.1, 0.15) is 22.3 Å². The van der Waals surface area contributed by atoms with E-state index in [0.717, 1.165) is 36.9 Å². The predicted molar refractivity (Wildman–Crippen MR) is 130 cm³/mol. The number of hydrogen-bond donors (Lipinski definition) is 0. The largest absolute Gasteiger partial charge is 0.326 e. The van der Waals surface area contributed by atoms with Crippen LogP contribution >= 0.6 is 11.3 Å². The van der Waals surface area contributed by atoms with Crippen molar-refractivity contribution in [2.24, 2.45) is 7.05 Å². The van der Waals surface area contributed by atoms with Crippen LogP contribution in [-0.4, -0.2) is 32.8 Å². The molecule has 0 bridgehead atoms. The van der Waals surface area contributed by atoms with Gasteiger partial charge >= 0.3 is 0 Å². The molecule has 0 saturated carbocycles. The van der Waals surface area contributed by atoms with E-state index in [-0.39, 0.29) is 18.0 Å². The van der Waals surface area contributed by atoms with Crippen LogP contribution in [0, 0.1) is 11.3 Å². The van der Waals surface area contributed by atoms with Gasteiger partial charge in [-0.1, -0.05) is 36.4 Å². The lowest BCUT2D eigenvalue weighted by molar-refractivity contribution is -0.140. The number of carbonyl (C=O) groups is 2. The summed E-state index contributed by atoms with van der Waals surface area (Å²) in [5, 5.41) is 11.8. The smallest absolute Gasteiger partial charge is 0.271 e. The molecular formula is C26H20N4O2S. The average Bonchev–Trinajstić information content (AvgIpc) is 3.35. The molecule has 0 radical (unpaired) electrons. The van der Waals surface area contributed by atoms with E-state index in [1.54, 1.807) is 19.9 Å². The van der Waals surface area contributed by atoms with Crippen molar-refractivity contribution in [1.29, 1.82) is 5.26 Å². The summed E-state index contributed by atoms with van der Waals surface area (Å²) < 4.78 is 2.05. The standard InChI is InChI=1S/C26H20N4O2S/c1-4-30-25(31)20(15(2)21(14-27)26(30)32)12-19-13-22-24(33-19)28-23(29(22)3)18-10-9-16-7-5-6-8-17(16)11-18/h5-13H,4H2,1-3H3/b20-12-. The molecule has 2 aromatic carbocycles. The topological polar surface area (TPSA) is 79.0 Å². The minimum Gasteiger partial charge on any atom is -0.326 e. The molecule has 0 N–H and O–H groups in total. The summed E-state index contributed by atoms with van der Waals surface area (Å²) in [6, 6.07) is 18.5. The van der Waals surface area contributed by atoms with Gasteiger partial charge in [0.2, 0.25) is 0 Å². The van der Waals surface area contributed by atoms with Crippen LogP contribution in [0.25, 0.3) is 38.6 Å². The minimum atomic E-state index is -0.530. The minimum absolute atomic E-state index is 0.0144. The van der Waals surface area contributed by atoms with Crippen molar-refractivity contribution in [3.8, 4) is 17.5 Å². The number of nitriles is 1. The SMILES string of the molecule is CCN1C(=O)C(C#N)=C(C)/C(=C/c2cc3c(nc(-c4ccc5ccccc5c4)n3C)s2)C1=O. The Kier molecular flexibility index (Phi) is 4.95. The Labute approximate surface area is 194 Å². The van der Waals surface area contributed by atoms with E-state index < -0.39 is 5.91 Å². The Morgan fingerprint density at radius 2 is 1.85 bits per heavy atom. The first kappa shape index (κ1) is 20.9. The third-order valence-corrected chi connectivity index (χ3v) is 7.00. The summed E-state index contributed by atoms with van der Waals surface area (Å²) in [5.41, 5.74) is 2.80. The van der Waals surface area contributed by atoms with Gasteiger partial charge in [-0.05, 0) is 48.4 Å². The zero-order valence-corrected chi connectivity index (χ0v) is 19.2. The summed E-state index contributed by atoms with van der Waals surface area (Å²) in [5.74, 6) is -0.0282. The third-order valence-electron chi connectivity index (χ3n) is 6.04. The van der Waals surface area contributed by atoms with Crippen LogP contribution in [0.2, 0.25) is 0 Å². The molecule has 0 saturated heterocycles. The highest BCUT2D eigenvalue weighted by Gasteiger charge is 2.34. The number of rotatable bonds is 3. The molecule has 6 nitrogen and oxygen atoms in total. The normalized spacial score (nSPS) is 15.8. The molecule has 0 fully saturated rings. The van der Waals surface area contributed by atoms with E-state index in [2.05, 4.69) is 30.3 Å². The highest BCUT2D eigenvalue weighted by molar-refractivity contribution is 7.19. The Balaban J connectivity index is 1.58. The van der Waals surface area contributed by atoms with Gasteiger partial charge in [0, 0.05) is 29.6 Å². The van der Waals surface area contributed by atoms with Crippen molar-refractivity contribution in [2.75, 3.05) is 6.54 Å². The molecular weight excluding hydrogens is 432 g/mol. The van der Waals surface area contributed by atoms with Crippen LogP contribution in [0.15, 0.2) is 65.3 Å². The van der Waals surface area contributed by atoms with Crippen molar-refractivity contribution in [3.63, 3.8) is 0 Å². The lowest BCUT2D eigenvalue weighted by Gasteiger charge is -2.26. The molecule has 3 heterocycles. The second-order valence-corrected chi connectivity index (χ2v) is 8.98. The Morgan fingerprint density at radius 1 is 1.09 bits per heavy atom. The fourth-order valence-corrected chi connectivity index (χ4v) is 5.22. The number of hydrogen-bond acceptors (Lipinski definition) is 5. The second kappa shape index (κ2) is 7.84. The molecule has 2 amide bonds. The van der Waals surface area contributed by atoms with Gasteiger partial charge < -0.3 is 4.57 Å². The number of nitrogens with zero attached hydrogens (tertiary/aromatic N) is 4. The van der Waals surface area contributed by atoms with Gasteiger partial charge in [-0.2, -0.15) is 5.26 Å². The fourth-order valence-electron chi connectivity index (χ4n) is 4.21. The van der Waals surface area contributed by atoms with E-state index in [0.29, 0.717) is 11.1 Å². The van der Waals surface area contributed by atoms with Gasteiger partial charge in [-0.25, -0.2) is 4.98 Å². The van der Waals surface area contributed by atoms with Crippen LogP contribution in [0.4, 0.5) is 0 Å². The maximum Gasteiger partial charge on any atom is 0.271 e. The number of imidazole rings is 1. The number of thiophene rings is 1. The molecule has 162 valence electrons. The Morgan fingerprint density at radius 3 is 2.55 bits per heavy atom. The highest BCUT2D eigenvalue weighted by Crippen LogP contribution is 2.34. The molecule has 0 aliphatic carbocycles. The monoisotopic (exact) mass is 452 g/mol. The zero-order chi connectivity index (χ0) is 23.3. The summed E-state index contributed by atoms with van der Waals surface area (Å²) in [6.07, 6.45) is 1.76. The quantitative estimate of drug-likeness (QED) is 0.321. The first-order valence-corrected chi connectivity index (χ1v) is 11.4. The number of amides is 2. The Bertz CT molecular complexity index is 1580. The summed E-state index contributed by atoms with van der Waals surface area (Å²) in [4.78, 5) is 33.0. The first-order chi connectivity index (χ1) is 15.9. The molecule has 5 rings (SSSR count). The third kappa shape index (κ3) is 3.27. The van der Waals surface area contributed by atoms with Gasteiger partial charge in [0.25, 0.3) is 11.8 Å². The summed E-state index contributed by atoms with van der Waals surface area (Å²) in [7, 11) is 1.98. The van der Waals surface area contributed by atoms with Gasteiger partial charge in [0.05, 0.1) is 5.52 Å². The number of aromatic nitrogens is 2. The average molecular weight is 453 g/mol. The van der Waals surface area contributed by atoms with E-state index in [9.17, 15) is 14.9 Å². The van der Waals surface area contributed by atoms with Gasteiger partial charge in [-0.3, -0.25) is 14.5 Å². The van der Waals surface area contributed by atoms with Crippen LogP contribution in [0.5, 0.6) is 0 Å². The number of aryl methyl sites for hydroxylation is 1. The molecule has 2 aromatic heterocycles. The lowest BCUT2D eigenvalue weighted by Crippen LogP contribution is -2.42. The van der Waals surface area contributed by atoms with Crippen molar-refractivity contribution in [2.45, 2.75) is 13.8 Å².